The molecule has 0 aliphatic heterocycles. The highest BCUT2D eigenvalue weighted by Crippen LogP contribution is 2.07. The lowest BCUT2D eigenvalue weighted by atomic mass is 10.1. The summed E-state index contributed by atoms with van der Waals surface area (Å²) in [6.45, 7) is 1.88. The molecule has 1 rings (SSSR count). The number of carbonyl (C=O) groups is 2. The van der Waals surface area contributed by atoms with Gasteiger partial charge in [0.25, 0.3) is 5.91 Å². The normalized spacial score (nSPS) is 11.9. The Balaban J connectivity index is 2.70. The molecule has 0 saturated heterocycles. The van der Waals surface area contributed by atoms with E-state index >= 15 is 0 Å². The molecule has 1 amide bonds. The molecular formula is C12H14INO3. The van der Waals surface area contributed by atoms with Crippen LogP contribution in [-0.2, 0) is 4.79 Å². The zero-order chi connectivity index (χ0) is 12.8. The number of halogens is 1. The van der Waals surface area contributed by atoms with E-state index in [1.807, 2.05) is 19.1 Å². The average molecular weight is 347 g/mol. The van der Waals surface area contributed by atoms with Gasteiger partial charge in [-0.25, -0.2) is 4.79 Å². The molecule has 1 aromatic rings. The molecule has 0 aliphatic rings. The minimum absolute atomic E-state index is 0.345. The predicted molar refractivity (Wildman–Crippen MR) is 73.0 cm³/mol. The Labute approximate surface area is 114 Å². The van der Waals surface area contributed by atoms with Crippen molar-refractivity contribution in [1.82, 2.24) is 5.32 Å². The second-order valence-corrected chi connectivity index (χ2v) is 4.91. The van der Waals surface area contributed by atoms with Crippen molar-refractivity contribution in [2.75, 3.05) is 0 Å². The number of hydrogen-bond donors (Lipinski definition) is 2. The van der Waals surface area contributed by atoms with Gasteiger partial charge in [-0.2, -0.15) is 0 Å². The number of nitrogens with one attached hydrogen (secondary N) is 1. The zero-order valence-corrected chi connectivity index (χ0v) is 11.6. The van der Waals surface area contributed by atoms with Gasteiger partial charge in [-0.3, -0.25) is 4.79 Å². The monoisotopic (exact) mass is 347 g/mol. The standard InChI is InChI=1S/C12H14INO3/c1-2-3-10(12(16)17)14-11(15)8-4-6-9(13)7-5-8/h4-7,10H,2-3H2,1H3,(H,14,15)(H,16,17)/t10-/m1/s1. The molecule has 1 atom stereocenters. The molecule has 0 saturated carbocycles. The SMILES string of the molecule is CCC[C@@H](NC(=O)c1ccc(I)cc1)C(=O)O. The van der Waals surface area contributed by atoms with Crippen LogP contribution >= 0.6 is 22.6 Å². The highest BCUT2D eigenvalue weighted by Gasteiger charge is 2.19. The molecule has 0 radical (unpaired) electrons. The fourth-order valence-electron chi connectivity index (χ4n) is 1.39. The maximum absolute atomic E-state index is 11.8. The molecule has 1 aromatic carbocycles. The Bertz CT molecular complexity index is 403. The van der Waals surface area contributed by atoms with E-state index in [0.717, 1.165) is 3.57 Å². The number of carboxylic acids is 1. The fourth-order valence-corrected chi connectivity index (χ4v) is 1.75. The number of rotatable bonds is 5. The van der Waals surface area contributed by atoms with E-state index in [1.54, 1.807) is 12.1 Å². The van der Waals surface area contributed by atoms with E-state index in [-0.39, 0.29) is 5.91 Å². The Hall–Kier alpha value is -1.11. The number of benzene rings is 1. The van der Waals surface area contributed by atoms with Crippen molar-refractivity contribution in [1.29, 1.82) is 0 Å². The summed E-state index contributed by atoms with van der Waals surface area (Å²) in [5.41, 5.74) is 0.479. The molecule has 0 bridgehead atoms. The third-order valence-electron chi connectivity index (χ3n) is 2.29. The van der Waals surface area contributed by atoms with Gasteiger partial charge < -0.3 is 10.4 Å². The van der Waals surface area contributed by atoms with Crippen LogP contribution in [0.4, 0.5) is 0 Å². The third-order valence-corrected chi connectivity index (χ3v) is 3.01. The molecule has 0 aliphatic carbocycles. The van der Waals surface area contributed by atoms with Crippen LogP contribution in [0.3, 0.4) is 0 Å². The molecule has 0 spiro atoms. The minimum Gasteiger partial charge on any atom is -0.480 e. The van der Waals surface area contributed by atoms with E-state index in [2.05, 4.69) is 27.9 Å². The number of carboxylic acid groups (broad SMARTS) is 1. The summed E-state index contributed by atoms with van der Waals surface area (Å²) in [7, 11) is 0. The topological polar surface area (TPSA) is 66.4 Å². The van der Waals surface area contributed by atoms with Crippen molar-refractivity contribution in [2.45, 2.75) is 25.8 Å². The number of amides is 1. The smallest absolute Gasteiger partial charge is 0.326 e. The molecule has 0 unspecified atom stereocenters. The Morgan fingerprint density at radius 2 is 1.94 bits per heavy atom. The third kappa shape index (κ3) is 4.33. The molecule has 17 heavy (non-hydrogen) atoms. The summed E-state index contributed by atoms with van der Waals surface area (Å²) in [6, 6.07) is 6.17. The lowest BCUT2D eigenvalue weighted by Crippen LogP contribution is -2.40. The van der Waals surface area contributed by atoms with Gasteiger partial charge in [-0.1, -0.05) is 13.3 Å². The van der Waals surface area contributed by atoms with Crippen molar-refractivity contribution < 1.29 is 14.7 Å². The minimum atomic E-state index is -0.995. The Morgan fingerprint density at radius 3 is 2.41 bits per heavy atom. The van der Waals surface area contributed by atoms with Gasteiger partial charge in [0.2, 0.25) is 0 Å². The van der Waals surface area contributed by atoms with Gasteiger partial charge in [0.15, 0.2) is 0 Å². The van der Waals surface area contributed by atoms with Gasteiger partial charge in [0.05, 0.1) is 0 Å². The Morgan fingerprint density at radius 1 is 1.35 bits per heavy atom. The summed E-state index contributed by atoms with van der Waals surface area (Å²) in [5, 5.41) is 11.4. The van der Waals surface area contributed by atoms with E-state index in [1.165, 1.54) is 0 Å². The van der Waals surface area contributed by atoms with Crippen LogP contribution < -0.4 is 5.32 Å². The largest absolute Gasteiger partial charge is 0.480 e. The molecule has 5 heteroatoms. The van der Waals surface area contributed by atoms with Crippen molar-refractivity contribution in [2.24, 2.45) is 0 Å². The van der Waals surface area contributed by atoms with Crippen LogP contribution in [0.25, 0.3) is 0 Å². The van der Waals surface area contributed by atoms with Gasteiger partial charge in [-0.05, 0) is 53.3 Å². The van der Waals surface area contributed by atoms with Gasteiger partial charge in [-0.15, -0.1) is 0 Å². The molecule has 0 heterocycles. The van der Waals surface area contributed by atoms with Gasteiger partial charge in [0, 0.05) is 9.13 Å². The second kappa shape index (κ2) is 6.58. The summed E-state index contributed by atoms with van der Waals surface area (Å²) < 4.78 is 1.03. The van der Waals surface area contributed by atoms with E-state index in [4.69, 9.17) is 5.11 Å². The molecule has 4 nitrogen and oxygen atoms in total. The number of carbonyl (C=O) groups excluding carboxylic acids is 1. The maximum Gasteiger partial charge on any atom is 0.326 e. The first-order valence-electron chi connectivity index (χ1n) is 5.33. The molecule has 92 valence electrons. The maximum atomic E-state index is 11.8. The number of hydrogen-bond acceptors (Lipinski definition) is 2. The quantitative estimate of drug-likeness (QED) is 0.803. The number of aliphatic carboxylic acids is 1. The average Bonchev–Trinajstić information content (AvgIpc) is 2.29. The summed E-state index contributed by atoms with van der Waals surface area (Å²) in [4.78, 5) is 22.7. The molecular weight excluding hydrogens is 333 g/mol. The van der Waals surface area contributed by atoms with Crippen LogP contribution in [0, 0.1) is 3.57 Å². The zero-order valence-electron chi connectivity index (χ0n) is 9.44. The molecule has 0 fully saturated rings. The first kappa shape index (κ1) is 14.0. The lowest BCUT2D eigenvalue weighted by molar-refractivity contribution is -0.139. The van der Waals surface area contributed by atoms with E-state index < -0.39 is 12.0 Å². The van der Waals surface area contributed by atoms with Crippen LogP contribution in [0.15, 0.2) is 24.3 Å². The van der Waals surface area contributed by atoms with Crippen molar-refractivity contribution in [3.63, 3.8) is 0 Å². The predicted octanol–water partition coefficient (Wildman–Crippen LogP) is 2.27. The van der Waals surface area contributed by atoms with Crippen molar-refractivity contribution >= 4 is 34.5 Å². The van der Waals surface area contributed by atoms with Gasteiger partial charge in [0.1, 0.15) is 6.04 Å². The second-order valence-electron chi connectivity index (χ2n) is 3.66. The summed E-state index contributed by atoms with van der Waals surface area (Å²) in [6.07, 6.45) is 1.15. The first-order valence-corrected chi connectivity index (χ1v) is 6.41. The Kier molecular flexibility index (Phi) is 5.40. The van der Waals surface area contributed by atoms with Crippen molar-refractivity contribution in [3.8, 4) is 0 Å². The van der Waals surface area contributed by atoms with Crippen LogP contribution in [0.1, 0.15) is 30.1 Å². The van der Waals surface area contributed by atoms with Crippen LogP contribution in [0.2, 0.25) is 0 Å². The summed E-state index contributed by atoms with van der Waals surface area (Å²) in [5.74, 6) is -1.34. The van der Waals surface area contributed by atoms with E-state index in [9.17, 15) is 9.59 Å². The highest BCUT2D eigenvalue weighted by molar-refractivity contribution is 14.1. The molecule has 0 aromatic heterocycles. The molecule has 2 N–H and O–H groups in total. The van der Waals surface area contributed by atoms with Crippen LogP contribution in [-0.4, -0.2) is 23.0 Å². The fraction of sp³-hybridized carbons (Fsp3) is 0.333. The van der Waals surface area contributed by atoms with Crippen molar-refractivity contribution in [3.05, 3.63) is 33.4 Å². The van der Waals surface area contributed by atoms with Crippen LogP contribution in [0.5, 0.6) is 0 Å². The lowest BCUT2D eigenvalue weighted by Gasteiger charge is -2.13. The highest BCUT2D eigenvalue weighted by atomic mass is 127. The van der Waals surface area contributed by atoms with E-state index in [0.29, 0.717) is 18.4 Å². The first-order chi connectivity index (χ1) is 8.04. The summed E-state index contributed by atoms with van der Waals surface area (Å²) >= 11 is 2.14. The van der Waals surface area contributed by atoms with Gasteiger partial charge >= 0.3 is 5.97 Å².